The minimum absolute atomic E-state index is 0.0446. The molecule has 0 fully saturated rings. The third-order valence-corrected chi connectivity index (χ3v) is 5.55. The summed E-state index contributed by atoms with van der Waals surface area (Å²) in [5.41, 5.74) is 0.512. The topological polar surface area (TPSA) is 85.6 Å². The van der Waals surface area contributed by atoms with Crippen LogP contribution in [0, 0.1) is 0 Å². The van der Waals surface area contributed by atoms with Gasteiger partial charge in [0.15, 0.2) is 0 Å². The van der Waals surface area contributed by atoms with E-state index in [1.54, 1.807) is 12.1 Å². The third-order valence-electron chi connectivity index (χ3n) is 3.65. The van der Waals surface area contributed by atoms with E-state index in [0.29, 0.717) is 0 Å². The molecule has 0 atom stereocenters. The standard InChI is InChI=1S/C19H16ClNO5S/c20-16-8-4-5-9-19(16)27(23,24)21-11-15-10-17(22)18(13-25-15)26-12-14-6-2-1-3-7-14/h1-10,13,21H,11-12H2. The molecule has 3 rings (SSSR count). The summed E-state index contributed by atoms with van der Waals surface area (Å²) in [6.45, 7) is 0.0336. The molecule has 0 aliphatic carbocycles. The van der Waals surface area contributed by atoms with E-state index in [2.05, 4.69) is 4.72 Å². The Balaban J connectivity index is 1.66. The molecule has 8 heteroatoms. The van der Waals surface area contributed by atoms with Crippen molar-refractivity contribution in [2.75, 3.05) is 0 Å². The fourth-order valence-corrected chi connectivity index (χ4v) is 3.79. The van der Waals surface area contributed by atoms with Gasteiger partial charge in [0.25, 0.3) is 0 Å². The van der Waals surface area contributed by atoms with E-state index >= 15 is 0 Å². The Morgan fingerprint density at radius 3 is 2.44 bits per heavy atom. The molecular formula is C19H16ClNO5S. The van der Waals surface area contributed by atoms with Crippen LogP contribution in [0.2, 0.25) is 5.02 Å². The SMILES string of the molecule is O=c1cc(CNS(=O)(=O)c2ccccc2Cl)occ1OCc1ccccc1. The minimum Gasteiger partial charge on any atom is -0.482 e. The Morgan fingerprint density at radius 2 is 1.74 bits per heavy atom. The van der Waals surface area contributed by atoms with Gasteiger partial charge in [0.05, 0.1) is 11.6 Å². The summed E-state index contributed by atoms with van der Waals surface area (Å²) < 4.78 is 37.7. The van der Waals surface area contributed by atoms with Gasteiger partial charge >= 0.3 is 0 Å². The monoisotopic (exact) mass is 405 g/mol. The zero-order chi connectivity index (χ0) is 19.3. The largest absolute Gasteiger partial charge is 0.482 e. The van der Waals surface area contributed by atoms with Crippen LogP contribution < -0.4 is 14.9 Å². The maximum Gasteiger partial charge on any atom is 0.242 e. The second kappa shape index (κ2) is 8.39. The van der Waals surface area contributed by atoms with Crippen molar-refractivity contribution < 1.29 is 17.6 Å². The van der Waals surface area contributed by atoms with Crippen LogP contribution in [0.4, 0.5) is 0 Å². The first-order chi connectivity index (χ1) is 13.0. The van der Waals surface area contributed by atoms with Gasteiger partial charge in [-0.05, 0) is 17.7 Å². The molecule has 2 aromatic carbocycles. The van der Waals surface area contributed by atoms with Gasteiger partial charge in [0.1, 0.15) is 23.5 Å². The zero-order valence-electron chi connectivity index (χ0n) is 14.1. The Hall–Kier alpha value is -2.61. The average Bonchev–Trinajstić information content (AvgIpc) is 2.67. The van der Waals surface area contributed by atoms with Gasteiger partial charge in [-0.25, -0.2) is 13.1 Å². The molecular weight excluding hydrogens is 390 g/mol. The molecule has 0 radical (unpaired) electrons. The number of nitrogens with one attached hydrogen (secondary N) is 1. The molecule has 0 unspecified atom stereocenters. The van der Waals surface area contributed by atoms with Crippen molar-refractivity contribution in [2.24, 2.45) is 0 Å². The fourth-order valence-electron chi connectivity index (χ4n) is 2.28. The predicted molar refractivity (Wildman–Crippen MR) is 101 cm³/mol. The number of benzene rings is 2. The average molecular weight is 406 g/mol. The molecule has 6 nitrogen and oxygen atoms in total. The van der Waals surface area contributed by atoms with E-state index < -0.39 is 15.5 Å². The highest BCUT2D eigenvalue weighted by Gasteiger charge is 2.17. The van der Waals surface area contributed by atoms with Crippen molar-refractivity contribution >= 4 is 21.6 Å². The highest BCUT2D eigenvalue weighted by atomic mass is 35.5. The summed E-state index contributed by atoms with van der Waals surface area (Å²) in [6.07, 6.45) is 1.17. The van der Waals surface area contributed by atoms with E-state index in [-0.39, 0.29) is 34.6 Å². The second-order valence-electron chi connectivity index (χ2n) is 5.60. The van der Waals surface area contributed by atoms with Crippen LogP contribution in [0.25, 0.3) is 0 Å². The number of ether oxygens (including phenoxy) is 1. The highest BCUT2D eigenvalue weighted by Crippen LogP contribution is 2.20. The molecule has 3 aromatic rings. The van der Waals surface area contributed by atoms with Gasteiger partial charge in [-0.3, -0.25) is 4.79 Å². The van der Waals surface area contributed by atoms with Crippen LogP contribution in [-0.2, 0) is 23.2 Å². The molecule has 0 spiro atoms. The van der Waals surface area contributed by atoms with Gasteiger partial charge in [0, 0.05) is 6.07 Å². The lowest BCUT2D eigenvalue weighted by molar-refractivity contribution is 0.289. The van der Waals surface area contributed by atoms with Crippen molar-refractivity contribution in [3.8, 4) is 5.75 Å². The molecule has 0 aliphatic rings. The maximum absolute atomic E-state index is 12.3. The second-order valence-corrected chi connectivity index (χ2v) is 7.75. The molecule has 0 saturated heterocycles. The molecule has 0 saturated carbocycles. The Morgan fingerprint density at radius 1 is 1.04 bits per heavy atom. The number of sulfonamides is 1. The van der Waals surface area contributed by atoms with Gasteiger partial charge in [-0.1, -0.05) is 54.1 Å². The van der Waals surface area contributed by atoms with Crippen molar-refractivity contribution in [1.82, 2.24) is 4.72 Å². The number of halogens is 1. The predicted octanol–water partition coefficient (Wildman–Crippen LogP) is 3.35. The van der Waals surface area contributed by atoms with Crippen molar-refractivity contribution in [3.63, 3.8) is 0 Å². The first-order valence-electron chi connectivity index (χ1n) is 7.98. The Labute approximate surface area is 161 Å². The fraction of sp³-hybridized carbons (Fsp3) is 0.105. The van der Waals surface area contributed by atoms with E-state index in [0.717, 1.165) is 5.56 Å². The van der Waals surface area contributed by atoms with Gasteiger partial charge in [-0.15, -0.1) is 0 Å². The van der Waals surface area contributed by atoms with Crippen LogP contribution >= 0.6 is 11.6 Å². The molecule has 1 aromatic heterocycles. The molecule has 140 valence electrons. The van der Waals surface area contributed by atoms with Crippen molar-refractivity contribution in [1.29, 1.82) is 0 Å². The van der Waals surface area contributed by atoms with Gasteiger partial charge < -0.3 is 9.15 Å². The summed E-state index contributed by atoms with van der Waals surface area (Å²) >= 11 is 5.91. The normalized spacial score (nSPS) is 11.3. The molecule has 27 heavy (non-hydrogen) atoms. The molecule has 0 amide bonds. The van der Waals surface area contributed by atoms with E-state index in [9.17, 15) is 13.2 Å². The maximum atomic E-state index is 12.3. The van der Waals surface area contributed by atoms with Crippen molar-refractivity contribution in [2.45, 2.75) is 18.0 Å². The summed E-state index contributed by atoms with van der Waals surface area (Å²) in [6, 6.07) is 16.6. The number of hydrogen-bond acceptors (Lipinski definition) is 5. The molecule has 1 heterocycles. The van der Waals surface area contributed by atoms with Crippen LogP contribution in [0.5, 0.6) is 5.75 Å². The van der Waals surface area contributed by atoms with Gasteiger partial charge in [-0.2, -0.15) is 0 Å². The first-order valence-corrected chi connectivity index (χ1v) is 9.84. The first kappa shape index (κ1) is 19.2. The third kappa shape index (κ3) is 4.97. The van der Waals surface area contributed by atoms with Gasteiger partial charge in [0.2, 0.25) is 21.2 Å². The smallest absolute Gasteiger partial charge is 0.242 e. The van der Waals surface area contributed by atoms with Crippen molar-refractivity contribution in [3.05, 3.63) is 93.5 Å². The zero-order valence-corrected chi connectivity index (χ0v) is 15.7. The van der Waals surface area contributed by atoms with Crippen LogP contribution in [0.3, 0.4) is 0 Å². The number of rotatable bonds is 7. The Bertz CT molecular complexity index is 1080. The Kier molecular flexibility index (Phi) is 5.95. The summed E-state index contributed by atoms with van der Waals surface area (Å²) in [5.74, 6) is 0.208. The highest BCUT2D eigenvalue weighted by molar-refractivity contribution is 7.89. The van der Waals surface area contributed by atoms with Crippen LogP contribution in [0.1, 0.15) is 11.3 Å². The lowest BCUT2D eigenvalue weighted by atomic mass is 10.2. The summed E-state index contributed by atoms with van der Waals surface area (Å²) in [4.78, 5) is 12.1. The summed E-state index contributed by atoms with van der Waals surface area (Å²) in [5, 5.41) is 0.108. The lowest BCUT2D eigenvalue weighted by Crippen LogP contribution is -2.24. The number of hydrogen-bond donors (Lipinski definition) is 1. The molecule has 1 N–H and O–H groups in total. The quantitative estimate of drug-likeness (QED) is 0.651. The van der Waals surface area contributed by atoms with E-state index in [4.69, 9.17) is 20.8 Å². The minimum atomic E-state index is -3.83. The summed E-state index contributed by atoms with van der Waals surface area (Å²) in [7, 11) is -3.83. The van der Waals surface area contributed by atoms with E-state index in [1.165, 1.54) is 24.5 Å². The molecule has 0 aliphatic heterocycles. The van der Waals surface area contributed by atoms with Crippen LogP contribution in [-0.4, -0.2) is 8.42 Å². The molecule has 0 bridgehead atoms. The lowest BCUT2D eigenvalue weighted by Gasteiger charge is -2.08. The van der Waals surface area contributed by atoms with E-state index in [1.807, 2.05) is 30.3 Å². The van der Waals surface area contributed by atoms with Crippen LogP contribution in [0.15, 0.2) is 81.0 Å².